The standard InChI is InChI=1S/C20H24N2O6S/c1-12(14-10-17(26-3)19(28-5)18(11-14)27-4)21-20(23)13(2)29-16-8-6-15(7-9-16)22(24)25/h6-13H,1-5H3,(H,21,23)/t12-,13+/m1/s1. The van der Waals surface area contributed by atoms with Gasteiger partial charge in [-0.15, -0.1) is 11.8 Å². The van der Waals surface area contributed by atoms with Crippen LogP contribution in [0.25, 0.3) is 0 Å². The summed E-state index contributed by atoms with van der Waals surface area (Å²) >= 11 is 1.33. The maximum absolute atomic E-state index is 12.6. The Kier molecular flexibility index (Phi) is 7.72. The second-order valence-electron chi connectivity index (χ2n) is 6.20. The Morgan fingerprint density at radius 3 is 2.03 bits per heavy atom. The summed E-state index contributed by atoms with van der Waals surface area (Å²) < 4.78 is 16.0. The zero-order chi connectivity index (χ0) is 21.6. The van der Waals surface area contributed by atoms with E-state index in [0.29, 0.717) is 17.2 Å². The number of nitro groups is 1. The Balaban J connectivity index is 2.08. The summed E-state index contributed by atoms with van der Waals surface area (Å²) in [7, 11) is 4.60. The zero-order valence-corrected chi connectivity index (χ0v) is 17.7. The highest BCUT2D eigenvalue weighted by Gasteiger charge is 2.21. The van der Waals surface area contributed by atoms with Gasteiger partial charge in [0.05, 0.1) is 37.5 Å². The van der Waals surface area contributed by atoms with Crippen LogP contribution in [-0.4, -0.2) is 37.4 Å². The first kappa shape index (κ1) is 22.4. The van der Waals surface area contributed by atoms with Crippen molar-refractivity contribution in [1.82, 2.24) is 5.32 Å². The van der Waals surface area contributed by atoms with Crippen LogP contribution in [-0.2, 0) is 4.79 Å². The number of amides is 1. The number of nitrogens with zero attached hydrogens (tertiary/aromatic N) is 1. The molecule has 0 heterocycles. The van der Waals surface area contributed by atoms with Gasteiger partial charge in [0, 0.05) is 17.0 Å². The minimum atomic E-state index is -0.455. The molecule has 2 aromatic carbocycles. The molecule has 2 atom stereocenters. The smallest absolute Gasteiger partial charge is 0.269 e. The highest BCUT2D eigenvalue weighted by Crippen LogP contribution is 2.39. The molecule has 0 saturated carbocycles. The third-order valence-electron chi connectivity index (χ3n) is 4.28. The van der Waals surface area contributed by atoms with E-state index in [1.807, 2.05) is 6.92 Å². The molecule has 0 aliphatic rings. The lowest BCUT2D eigenvalue weighted by Crippen LogP contribution is -2.33. The van der Waals surface area contributed by atoms with Crippen molar-refractivity contribution in [2.45, 2.75) is 30.0 Å². The Bertz CT molecular complexity index is 847. The molecule has 1 amide bonds. The van der Waals surface area contributed by atoms with Crippen LogP contribution < -0.4 is 19.5 Å². The molecule has 0 fully saturated rings. The first-order valence-corrected chi connectivity index (χ1v) is 9.70. The van der Waals surface area contributed by atoms with Crippen LogP contribution in [0.15, 0.2) is 41.3 Å². The zero-order valence-electron chi connectivity index (χ0n) is 16.9. The topological polar surface area (TPSA) is 99.9 Å². The maximum Gasteiger partial charge on any atom is 0.269 e. The summed E-state index contributed by atoms with van der Waals surface area (Å²) in [5.74, 6) is 1.35. The number of ether oxygens (including phenoxy) is 3. The highest BCUT2D eigenvalue weighted by molar-refractivity contribution is 8.00. The van der Waals surface area contributed by atoms with Crippen LogP contribution in [0.4, 0.5) is 5.69 Å². The number of carbonyl (C=O) groups excluding carboxylic acids is 1. The van der Waals surface area contributed by atoms with E-state index >= 15 is 0 Å². The van der Waals surface area contributed by atoms with Crippen molar-refractivity contribution < 1.29 is 23.9 Å². The summed E-state index contributed by atoms with van der Waals surface area (Å²) in [6.45, 7) is 3.64. The van der Waals surface area contributed by atoms with Gasteiger partial charge in [0.2, 0.25) is 11.7 Å². The fourth-order valence-corrected chi connectivity index (χ4v) is 3.55. The van der Waals surface area contributed by atoms with Crippen LogP contribution in [0.3, 0.4) is 0 Å². The van der Waals surface area contributed by atoms with E-state index in [1.54, 1.807) is 31.2 Å². The van der Waals surface area contributed by atoms with Gasteiger partial charge in [-0.25, -0.2) is 0 Å². The fourth-order valence-electron chi connectivity index (χ4n) is 2.67. The molecule has 1 N–H and O–H groups in total. The van der Waals surface area contributed by atoms with Gasteiger partial charge in [0.1, 0.15) is 0 Å². The number of hydrogen-bond acceptors (Lipinski definition) is 7. The summed E-state index contributed by atoms with van der Waals surface area (Å²) in [6.07, 6.45) is 0. The average Bonchev–Trinajstić information content (AvgIpc) is 2.72. The largest absolute Gasteiger partial charge is 0.493 e. The van der Waals surface area contributed by atoms with Crippen molar-refractivity contribution in [3.05, 3.63) is 52.1 Å². The molecule has 0 saturated heterocycles. The second-order valence-corrected chi connectivity index (χ2v) is 7.61. The van der Waals surface area contributed by atoms with Crippen molar-refractivity contribution >= 4 is 23.4 Å². The van der Waals surface area contributed by atoms with Crippen molar-refractivity contribution in [3.8, 4) is 17.2 Å². The monoisotopic (exact) mass is 420 g/mol. The predicted octanol–water partition coefficient (Wildman–Crippen LogP) is 3.98. The number of nitrogens with one attached hydrogen (secondary N) is 1. The highest BCUT2D eigenvalue weighted by atomic mass is 32.2. The normalized spacial score (nSPS) is 12.6. The Hall–Kier alpha value is -2.94. The molecule has 2 rings (SSSR count). The van der Waals surface area contributed by atoms with Crippen LogP contribution in [0.2, 0.25) is 0 Å². The van der Waals surface area contributed by atoms with Gasteiger partial charge in [0.25, 0.3) is 5.69 Å². The quantitative estimate of drug-likeness (QED) is 0.372. The lowest BCUT2D eigenvalue weighted by Gasteiger charge is -2.20. The molecule has 0 aromatic heterocycles. The van der Waals surface area contributed by atoms with Crippen molar-refractivity contribution in [2.24, 2.45) is 0 Å². The number of methoxy groups -OCH3 is 3. The molecule has 0 aliphatic heterocycles. The molecule has 156 valence electrons. The van der Waals surface area contributed by atoms with E-state index in [1.165, 1.54) is 45.2 Å². The molecule has 0 unspecified atom stereocenters. The number of nitro benzene ring substituents is 1. The van der Waals surface area contributed by atoms with Crippen molar-refractivity contribution in [3.63, 3.8) is 0 Å². The fraction of sp³-hybridized carbons (Fsp3) is 0.350. The summed E-state index contributed by atoms with van der Waals surface area (Å²) in [5, 5.41) is 13.3. The molecule has 0 radical (unpaired) electrons. The third kappa shape index (κ3) is 5.54. The summed E-state index contributed by atoms with van der Waals surface area (Å²) in [5.41, 5.74) is 0.822. The Morgan fingerprint density at radius 1 is 1.03 bits per heavy atom. The minimum Gasteiger partial charge on any atom is -0.493 e. The molecule has 2 aromatic rings. The molecule has 9 heteroatoms. The average molecular weight is 420 g/mol. The molecule has 0 spiro atoms. The Morgan fingerprint density at radius 2 is 1.59 bits per heavy atom. The molecular formula is C20H24N2O6S. The van der Waals surface area contributed by atoms with Gasteiger partial charge >= 0.3 is 0 Å². The SMILES string of the molecule is COc1cc([C@@H](C)NC(=O)[C@H](C)Sc2ccc([N+](=O)[O-])cc2)cc(OC)c1OC. The van der Waals surface area contributed by atoms with Gasteiger partial charge in [-0.2, -0.15) is 0 Å². The van der Waals surface area contributed by atoms with E-state index < -0.39 is 4.92 Å². The number of non-ortho nitro benzene ring substituents is 1. The number of rotatable bonds is 9. The van der Waals surface area contributed by atoms with Crippen LogP contribution >= 0.6 is 11.8 Å². The Labute approximate surface area is 173 Å². The second kappa shape index (κ2) is 10.0. The molecule has 0 aliphatic carbocycles. The molecular weight excluding hydrogens is 396 g/mol. The number of hydrogen-bond donors (Lipinski definition) is 1. The van der Waals surface area contributed by atoms with Gasteiger partial charge in [-0.1, -0.05) is 0 Å². The van der Waals surface area contributed by atoms with E-state index in [-0.39, 0.29) is 22.9 Å². The van der Waals surface area contributed by atoms with Gasteiger partial charge in [-0.05, 0) is 43.7 Å². The predicted molar refractivity (Wildman–Crippen MR) is 111 cm³/mol. The maximum atomic E-state index is 12.6. The van der Waals surface area contributed by atoms with Crippen molar-refractivity contribution in [2.75, 3.05) is 21.3 Å². The molecule has 8 nitrogen and oxygen atoms in total. The summed E-state index contributed by atoms with van der Waals surface area (Å²) in [4.78, 5) is 23.7. The van der Waals surface area contributed by atoms with Gasteiger partial charge in [0.15, 0.2) is 11.5 Å². The summed E-state index contributed by atoms with van der Waals surface area (Å²) in [6, 6.07) is 9.40. The van der Waals surface area contributed by atoms with Crippen molar-refractivity contribution in [1.29, 1.82) is 0 Å². The minimum absolute atomic E-state index is 0.0162. The van der Waals surface area contributed by atoms with E-state index in [0.717, 1.165) is 10.5 Å². The molecule has 29 heavy (non-hydrogen) atoms. The lowest BCUT2D eigenvalue weighted by atomic mass is 10.1. The first-order valence-electron chi connectivity index (χ1n) is 8.82. The van der Waals surface area contributed by atoms with E-state index in [9.17, 15) is 14.9 Å². The van der Waals surface area contributed by atoms with Gasteiger partial charge in [-0.3, -0.25) is 14.9 Å². The lowest BCUT2D eigenvalue weighted by molar-refractivity contribution is -0.384. The molecule has 0 bridgehead atoms. The third-order valence-corrected chi connectivity index (χ3v) is 5.39. The van der Waals surface area contributed by atoms with Gasteiger partial charge < -0.3 is 19.5 Å². The number of benzene rings is 2. The van der Waals surface area contributed by atoms with Crippen LogP contribution in [0.5, 0.6) is 17.2 Å². The van der Waals surface area contributed by atoms with Crippen LogP contribution in [0.1, 0.15) is 25.5 Å². The number of thioether (sulfide) groups is 1. The first-order chi connectivity index (χ1) is 13.8. The van der Waals surface area contributed by atoms with Crippen LogP contribution in [0, 0.1) is 10.1 Å². The van der Waals surface area contributed by atoms with E-state index in [4.69, 9.17) is 14.2 Å². The number of carbonyl (C=O) groups is 1. The van der Waals surface area contributed by atoms with E-state index in [2.05, 4.69) is 5.32 Å².